The van der Waals surface area contributed by atoms with E-state index in [4.69, 9.17) is 14.6 Å². The van der Waals surface area contributed by atoms with Crippen LogP contribution in [0.3, 0.4) is 0 Å². The van der Waals surface area contributed by atoms with Crippen molar-refractivity contribution in [1.29, 1.82) is 0 Å². The van der Waals surface area contributed by atoms with Crippen molar-refractivity contribution in [3.63, 3.8) is 0 Å². The summed E-state index contributed by atoms with van der Waals surface area (Å²) in [6.45, 7) is 1.55. The molecule has 0 heterocycles. The normalized spacial score (nSPS) is 11.1. The number of hydrogen-bond acceptors (Lipinski definition) is 3. The molecule has 1 rings (SSSR count). The molecule has 19 heavy (non-hydrogen) atoms. The zero-order valence-electron chi connectivity index (χ0n) is 10.8. The Morgan fingerprint density at radius 3 is 2.89 bits per heavy atom. The number of carboxylic acid groups (broad SMARTS) is 1. The number of aliphatic carboxylic acids is 1. The lowest BCUT2D eigenvalue weighted by Crippen LogP contribution is -2.00. The van der Waals surface area contributed by atoms with Crippen LogP contribution in [0, 0.1) is 5.82 Å². The van der Waals surface area contributed by atoms with Crippen LogP contribution < -0.4 is 0 Å². The minimum Gasteiger partial charge on any atom is -0.478 e. The van der Waals surface area contributed by atoms with Gasteiger partial charge in [0.2, 0.25) is 0 Å². The molecule has 0 aliphatic heterocycles. The van der Waals surface area contributed by atoms with Gasteiger partial charge < -0.3 is 14.6 Å². The quantitative estimate of drug-likeness (QED) is 0.581. The van der Waals surface area contributed by atoms with Gasteiger partial charge in [-0.3, -0.25) is 0 Å². The third kappa shape index (κ3) is 6.13. The van der Waals surface area contributed by atoms with Crippen molar-refractivity contribution in [2.45, 2.75) is 13.0 Å². The predicted octanol–water partition coefficient (Wildman–Crippen LogP) is 2.48. The van der Waals surface area contributed by atoms with Crippen LogP contribution in [-0.4, -0.2) is 31.4 Å². The van der Waals surface area contributed by atoms with E-state index in [1.54, 1.807) is 19.2 Å². The Morgan fingerprint density at radius 2 is 2.21 bits per heavy atom. The molecule has 0 unspecified atom stereocenters. The first kappa shape index (κ1) is 15.3. The van der Waals surface area contributed by atoms with E-state index < -0.39 is 11.8 Å². The van der Waals surface area contributed by atoms with E-state index in [0.717, 1.165) is 18.1 Å². The molecule has 1 aromatic carbocycles. The third-order valence-electron chi connectivity index (χ3n) is 2.37. The SMILES string of the molecule is COCCCOCc1ccc(F)c(/C=C/C(=O)O)c1. The number of carboxylic acids is 1. The number of benzene rings is 1. The summed E-state index contributed by atoms with van der Waals surface area (Å²) >= 11 is 0. The highest BCUT2D eigenvalue weighted by Crippen LogP contribution is 2.13. The van der Waals surface area contributed by atoms with E-state index in [9.17, 15) is 9.18 Å². The lowest BCUT2D eigenvalue weighted by atomic mass is 10.1. The second-order valence-corrected chi connectivity index (χ2v) is 3.93. The summed E-state index contributed by atoms with van der Waals surface area (Å²) < 4.78 is 23.7. The van der Waals surface area contributed by atoms with Crippen molar-refractivity contribution in [1.82, 2.24) is 0 Å². The Hall–Kier alpha value is -1.72. The highest BCUT2D eigenvalue weighted by atomic mass is 19.1. The molecule has 0 aliphatic rings. The molecule has 1 N–H and O–H groups in total. The van der Waals surface area contributed by atoms with Crippen molar-refractivity contribution < 1.29 is 23.8 Å². The van der Waals surface area contributed by atoms with E-state index in [1.807, 2.05) is 0 Å². The Bertz CT molecular complexity index is 443. The fourth-order valence-electron chi connectivity index (χ4n) is 1.47. The first-order chi connectivity index (χ1) is 9.13. The van der Waals surface area contributed by atoms with E-state index in [2.05, 4.69) is 0 Å². The van der Waals surface area contributed by atoms with Crippen LogP contribution in [0.5, 0.6) is 0 Å². The van der Waals surface area contributed by atoms with Crippen molar-refractivity contribution in [2.75, 3.05) is 20.3 Å². The average Bonchev–Trinajstić information content (AvgIpc) is 2.38. The van der Waals surface area contributed by atoms with Gasteiger partial charge in [0.25, 0.3) is 0 Å². The van der Waals surface area contributed by atoms with Gasteiger partial charge in [0.15, 0.2) is 0 Å². The molecule has 0 amide bonds. The minimum absolute atomic E-state index is 0.236. The highest BCUT2D eigenvalue weighted by Gasteiger charge is 2.02. The topological polar surface area (TPSA) is 55.8 Å². The van der Waals surface area contributed by atoms with Gasteiger partial charge in [-0.1, -0.05) is 6.07 Å². The molecule has 4 nitrogen and oxygen atoms in total. The Balaban J connectivity index is 2.55. The molecule has 0 aliphatic carbocycles. The minimum atomic E-state index is -1.11. The van der Waals surface area contributed by atoms with Crippen LogP contribution in [0.2, 0.25) is 0 Å². The molecule has 0 saturated heterocycles. The van der Waals surface area contributed by atoms with Gasteiger partial charge in [-0.05, 0) is 30.2 Å². The molecular formula is C14H17FO4. The Morgan fingerprint density at radius 1 is 1.42 bits per heavy atom. The van der Waals surface area contributed by atoms with Gasteiger partial charge in [-0.15, -0.1) is 0 Å². The number of ether oxygens (including phenoxy) is 2. The third-order valence-corrected chi connectivity index (χ3v) is 2.37. The standard InChI is InChI=1S/C14H17FO4/c1-18-7-2-8-19-10-11-3-5-13(15)12(9-11)4-6-14(16)17/h3-6,9H,2,7-8,10H2,1H3,(H,16,17)/b6-4+. The maximum atomic E-state index is 13.4. The maximum Gasteiger partial charge on any atom is 0.328 e. The summed E-state index contributed by atoms with van der Waals surface area (Å²) in [4.78, 5) is 10.4. The monoisotopic (exact) mass is 268 g/mol. The smallest absolute Gasteiger partial charge is 0.328 e. The van der Waals surface area contributed by atoms with E-state index >= 15 is 0 Å². The molecule has 0 radical (unpaired) electrons. The number of halogens is 1. The van der Waals surface area contributed by atoms with Gasteiger partial charge in [0, 0.05) is 32.0 Å². The van der Waals surface area contributed by atoms with Crippen LogP contribution in [-0.2, 0) is 20.9 Å². The van der Waals surface area contributed by atoms with Crippen LogP contribution in [0.25, 0.3) is 6.08 Å². The summed E-state index contributed by atoms with van der Waals surface area (Å²) in [5, 5.41) is 8.51. The van der Waals surface area contributed by atoms with Gasteiger partial charge in [-0.2, -0.15) is 0 Å². The number of methoxy groups -OCH3 is 1. The molecule has 104 valence electrons. The van der Waals surface area contributed by atoms with Crippen LogP contribution in [0.1, 0.15) is 17.5 Å². The molecule has 1 aromatic rings. The fourth-order valence-corrected chi connectivity index (χ4v) is 1.47. The van der Waals surface area contributed by atoms with Gasteiger partial charge in [0.1, 0.15) is 5.82 Å². The van der Waals surface area contributed by atoms with Crippen molar-refractivity contribution in [3.8, 4) is 0 Å². The lowest BCUT2D eigenvalue weighted by molar-refractivity contribution is -0.131. The molecule has 0 bridgehead atoms. The largest absolute Gasteiger partial charge is 0.478 e. The second kappa shape index (κ2) is 8.39. The van der Waals surface area contributed by atoms with Gasteiger partial charge in [0.05, 0.1) is 6.61 Å². The number of hydrogen-bond donors (Lipinski definition) is 1. The summed E-state index contributed by atoms with van der Waals surface area (Å²) in [7, 11) is 1.63. The lowest BCUT2D eigenvalue weighted by Gasteiger charge is -2.05. The molecule has 0 atom stereocenters. The van der Waals surface area contributed by atoms with Crippen LogP contribution in [0.4, 0.5) is 4.39 Å². The molecule has 0 spiro atoms. The zero-order valence-corrected chi connectivity index (χ0v) is 10.8. The zero-order chi connectivity index (χ0) is 14.1. The van der Waals surface area contributed by atoms with Gasteiger partial charge >= 0.3 is 5.97 Å². The molecule has 0 fully saturated rings. The average molecular weight is 268 g/mol. The van der Waals surface area contributed by atoms with Gasteiger partial charge in [-0.25, -0.2) is 9.18 Å². The van der Waals surface area contributed by atoms with Crippen LogP contribution >= 0.6 is 0 Å². The second-order valence-electron chi connectivity index (χ2n) is 3.93. The van der Waals surface area contributed by atoms with Crippen molar-refractivity contribution in [3.05, 3.63) is 41.2 Å². The Labute approximate surface area is 111 Å². The summed E-state index contributed by atoms with van der Waals surface area (Å²) in [5.41, 5.74) is 1.03. The molecule has 5 heteroatoms. The first-order valence-electron chi connectivity index (χ1n) is 5.89. The predicted molar refractivity (Wildman–Crippen MR) is 69.2 cm³/mol. The number of carbonyl (C=O) groups is 1. The van der Waals surface area contributed by atoms with Crippen LogP contribution in [0.15, 0.2) is 24.3 Å². The summed E-state index contributed by atoms with van der Waals surface area (Å²) in [6.07, 6.45) is 2.93. The van der Waals surface area contributed by atoms with Crippen molar-refractivity contribution >= 4 is 12.0 Å². The first-order valence-corrected chi connectivity index (χ1v) is 5.89. The van der Waals surface area contributed by atoms with E-state index in [-0.39, 0.29) is 5.56 Å². The van der Waals surface area contributed by atoms with E-state index in [1.165, 1.54) is 12.1 Å². The Kier molecular flexibility index (Phi) is 6.78. The fraction of sp³-hybridized carbons (Fsp3) is 0.357. The summed E-state index contributed by atoms with van der Waals surface area (Å²) in [6, 6.07) is 4.49. The molecular weight excluding hydrogens is 251 g/mol. The molecule has 0 aromatic heterocycles. The van der Waals surface area contributed by atoms with E-state index in [0.29, 0.717) is 19.8 Å². The van der Waals surface area contributed by atoms with Crippen molar-refractivity contribution in [2.24, 2.45) is 0 Å². The molecule has 0 saturated carbocycles. The highest BCUT2D eigenvalue weighted by molar-refractivity contribution is 5.85. The summed E-state index contributed by atoms with van der Waals surface area (Å²) in [5.74, 6) is -1.57. The maximum absolute atomic E-state index is 13.4. The number of rotatable bonds is 8.